The summed E-state index contributed by atoms with van der Waals surface area (Å²) < 4.78 is 0. The Kier molecular flexibility index (Phi) is 5.40. The highest BCUT2D eigenvalue weighted by Gasteiger charge is 2.37. The zero-order chi connectivity index (χ0) is 20.3. The number of rotatable bonds is 4. The minimum Gasteiger partial charge on any atom is -0.341 e. The number of amides is 2. The SMILES string of the molecule is CNC(=O)NC[C@]1(c2ncnc3c(C)cc(-c4cccnc4)cc23)CCCNC1. The smallest absolute Gasteiger partial charge is 0.314 e. The van der Waals surface area contributed by atoms with E-state index in [1.165, 1.54) is 0 Å². The van der Waals surface area contributed by atoms with Crippen LogP contribution in [0.5, 0.6) is 0 Å². The van der Waals surface area contributed by atoms with Gasteiger partial charge in [0.1, 0.15) is 6.33 Å². The summed E-state index contributed by atoms with van der Waals surface area (Å²) in [5.41, 5.74) is 4.91. The van der Waals surface area contributed by atoms with Gasteiger partial charge in [0.05, 0.1) is 11.2 Å². The number of fused-ring (bicyclic) bond motifs is 1. The van der Waals surface area contributed by atoms with Gasteiger partial charge >= 0.3 is 6.03 Å². The Labute approximate surface area is 170 Å². The Morgan fingerprint density at radius 2 is 2.17 bits per heavy atom. The molecule has 2 aromatic heterocycles. The number of aromatic nitrogens is 3. The second kappa shape index (κ2) is 8.13. The predicted octanol–water partition coefficient (Wildman–Crippen LogP) is 2.55. The fourth-order valence-electron chi connectivity index (χ4n) is 4.21. The lowest BCUT2D eigenvalue weighted by Crippen LogP contribution is -2.52. The van der Waals surface area contributed by atoms with Crippen molar-refractivity contribution >= 4 is 16.9 Å². The average Bonchev–Trinajstić information content (AvgIpc) is 2.78. The number of aryl methyl sites for hydroxylation is 1. The van der Waals surface area contributed by atoms with Crippen LogP contribution in [0.25, 0.3) is 22.0 Å². The monoisotopic (exact) mass is 390 g/mol. The van der Waals surface area contributed by atoms with Gasteiger partial charge in [0.15, 0.2) is 0 Å². The van der Waals surface area contributed by atoms with Crippen LogP contribution >= 0.6 is 0 Å². The summed E-state index contributed by atoms with van der Waals surface area (Å²) in [6.07, 6.45) is 7.27. The number of nitrogens with zero attached hydrogens (tertiary/aromatic N) is 3. The van der Waals surface area contributed by atoms with E-state index in [2.05, 4.69) is 51.0 Å². The molecule has 1 fully saturated rings. The van der Waals surface area contributed by atoms with Crippen molar-refractivity contribution in [3.8, 4) is 11.1 Å². The third-order valence-electron chi connectivity index (χ3n) is 5.71. The molecule has 29 heavy (non-hydrogen) atoms. The van der Waals surface area contributed by atoms with Crippen molar-refractivity contribution in [1.29, 1.82) is 0 Å². The standard InChI is InChI=1S/C22H26N6O/c1-15-9-17(16-5-3-7-24-11-16)10-18-19(15)27-14-28-20(18)22(6-4-8-25-12-22)13-26-21(29)23-2/h3,5,7,9-11,14,25H,4,6,8,12-13H2,1-2H3,(H2,23,26,29)/t22-/m0/s1. The molecule has 150 valence electrons. The number of carbonyl (C=O) groups excluding carboxylic acids is 1. The molecule has 0 unspecified atom stereocenters. The van der Waals surface area contributed by atoms with Crippen molar-refractivity contribution < 1.29 is 4.79 Å². The van der Waals surface area contributed by atoms with Crippen molar-refractivity contribution in [2.75, 3.05) is 26.7 Å². The largest absolute Gasteiger partial charge is 0.341 e. The van der Waals surface area contributed by atoms with Crippen LogP contribution in [-0.2, 0) is 5.41 Å². The molecule has 1 saturated heterocycles. The molecule has 4 rings (SSSR count). The molecular weight excluding hydrogens is 364 g/mol. The van der Waals surface area contributed by atoms with Crippen LogP contribution in [0.15, 0.2) is 43.0 Å². The fraction of sp³-hybridized carbons (Fsp3) is 0.364. The molecule has 7 heteroatoms. The van der Waals surface area contributed by atoms with Gasteiger partial charge < -0.3 is 16.0 Å². The van der Waals surface area contributed by atoms with Crippen molar-refractivity contribution in [3.05, 3.63) is 54.2 Å². The van der Waals surface area contributed by atoms with E-state index in [4.69, 9.17) is 4.98 Å². The average molecular weight is 390 g/mol. The lowest BCUT2D eigenvalue weighted by Gasteiger charge is -2.38. The highest BCUT2D eigenvalue weighted by Crippen LogP contribution is 2.36. The van der Waals surface area contributed by atoms with Gasteiger partial charge in [-0.3, -0.25) is 4.98 Å². The van der Waals surface area contributed by atoms with Crippen LogP contribution in [0.2, 0.25) is 0 Å². The molecule has 0 bridgehead atoms. The first-order valence-corrected chi connectivity index (χ1v) is 9.95. The van der Waals surface area contributed by atoms with E-state index in [1.807, 2.05) is 12.3 Å². The maximum absolute atomic E-state index is 11.9. The summed E-state index contributed by atoms with van der Waals surface area (Å²) in [6, 6.07) is 8.12. The van der Waals surface area contributed by atoms with Crippen molar-refractivity contribution in [3.63, 3.8) is 0 Å². The molecule has 3 N–H and O–H groups in total. The first kappa shape index (κ1) is 19.3. The molecule has 1 aliphatic rings. The number of piperidine rings is 1. The van der Waals surface area contributed by atoms with Gasteiger partial charge in [-0.15, -0.1) is 0 Å². The zero-order valence-corrected chi connectivity index (χ0v) is 16.8. The van der Waals surface area contributed by atoms with Gasteiger partial charge in [-0.25, -0.2) is 14.8 Å². The Morgan fingerprint density at radius 1 is 1.28 bits per heavy atom. The van der Waals surface area contributed by atoms with E-state index in [9.17, 15) is 4.79 Å². The number of benzene rings is 1. The van der Waals surface area contributed by atoms with Gasteiger partial charge in [0.2, 0.25) is 0 Å². The number of pyridine rings is 1. The van der Waals surface area contributed by atoms with Crippen LogP contribution in [0.1, 0.15) is 24.1 Å². The summed E-state index contributed by atoms with van der Waals surface area (Å²) in [4.78, 5) is 25.5. The lowest BCUT2D eigenvalue weighted by molar-refractivity contribution is 0.233. The molecule has 1 aromatic carbocycles. The number of nitrogens with one attached hydrogen (secondary N) is 3. The molecule has 0 aliphatic carbocycles. The maximum atomic E-state index is 11.9. The number of urea groups is 1. The third kappa shape index (κ3) is 3.78. The molecule has 0 radical (unpaired) electrons. The molecule has 2 amide bonds. The number of carbonyl (C=O) groups is 1. The van der Waals surface area contributed by atoms with Crippen molar-refractivity contribution in [1.82, 2.24) is 30.9 Å². The highest BCUT2D eigenvalue weighted by molar-refractivity contribution is 5.89. The van der Waals surface area contributed by atoms with Crippen LogP contribution in [0.3, 0.4) is 0 Å². The summed E-state index contributed by atoms with van der Waals surface area (Å²) in [6.45, 7) is 4.33. The number of hydrogen-bond donors (Lipinski definition) is 3. The maximum Gasteiger partial charge on any atom is 0.314 e. The van der Waals surface area contributed by atoms with Crippen molar-refractivity contribution in [2.45, 2.75) is 25.2 Å². The van der Waals surface area contributed by atoms with Gasteiger partial charge in [-0.05, 0) is 55.6 Å². The van der Waals surface area contributed by atoms with Crippen LogP contribution in [-0.4, -0.2) is 47.7 Å². The van der Waals surface area contributed by atoms with Gasteiger partial charge in [-0.1, -0.05) is 6.07 Å². The van der Waals surface area contributed by atoms with E-state index >= 15 is 0 Å². The minimum atomic E-state index is -0.286. The molecule has 0 saturated carbocycles. The van der Waals surface area contributed by atoms with Crippen LogP contribution < -0.4 is 16.0 Å². The molecule has 7 nitrogen and oxygen atoms in total. The molecule has 3 heterocycles. The van der Waals surface area contributed by atoms with Gasteiger partial charge in [0, 0.05) is 48.9 Å². The van der Waals surface area contributed by atoms with Gasteiger partial charge in [0.25, 0.3) is 0 Å². The lowest BCUT2D eigenvalue weighted by atomic mass is 9.75. The summed E-state index contributed by atoms with van der Waals surface area (Å²) in [5, 5.41) is 10.2. The summed E-state index contributed by atoms with van der Waals surface area (Å²) >= 11 is 0. The third-order valence-corrected chi connectivity index (χ3v) is 5.71. The molecule has 0 spiro atoms. The first-order chi connectivity index (χ1) is 14.1. The fourth-order valence-corrected chi connectivity index (χ4v) is 4.21. The summed E-state index contributed by atoms with van der Waals surface area (Å²) in [5.74, 6) is 0. The Balaban J connectivity index is 1.86. The van der Waals surface area contributed by atoms with E-state index in [0.29, 0.717) is 6.54 Å². The van der Waals surface area contributed by atoms with Crippen LogP contribution in [0, 0.1) is 6.92 Å². The topological polar surface area (TPSA) is 91.8 Å². The second-order valence-electron chi connectivity index (χ2n) is 7.65. The van der Waals surface area contributed by atoms with E-state index in [0.717, 1.165) is 59.2 Å². The zero-order valence-electron chi connectivity index (χ0n) is 16.8. The van der Waals surface area contributed by atoms with Crippen LogP contribution in [0.4, 0.5) is 4.79 Å². The highest BCUT2D eigenvalue weighted by atomic mass is 16.2. The Bertz CT molecular complexity index is 1010. The molecule has 1 atom stereocenters. The summed E-state index contributed by atoms with van der Waals surface area (Å²) in [7, 11) is 1.63. The quantitative estimate of drug-likeness (QED) is 0.637. The van der Waals surface area contributed by atoms with E-state index in [1.54, 1.807) is 19.6 Å². The second-order valence-corrected chi connectivity index (χ2v) is 7.65. The molecular formula is C22H26N6O. The van der Waals surface area contributed by atoms with Gasteiger partial charge in [-0.2, -0.15) is 0 Å². The molecule has 1 aliphatic heterocycles. The Hall–Kier alpha value is -3.06. The first-order valence-electron chi connectivity index (χ1n) is 9.95. The van der Waals surface area contributed by atoms with Crippen molar-refractivity contribution in [2.24, 2.45) is 0 Å². The van der Waals surface area contributed by atoms with E-state index < -0.39 is 0 Å². The normalized spacial score (nSPS) is 19.1. The Morgan fingerprint density at radius 3 is 2.90 bits per heavy atom. The van der Waals surface area contributed by atoms with E-state index in [-0.39, 0.29) is 11.4 Å². The predicted molar refractivity (Wildman–Crippen MR) is 114 cm³/mol. The number of hydrogen-bond acceptors (Lipinski definition) is 5. The molecule has 3 aromatic rings. The minimum absolute atomic E-state index is 0.180.